The van der Waals surface area contributed by atoms with Gasteiger partial charge in [0.15, 0.2) is 0 Å². The van der Waals surface area contributed by atoms with Crippen LogP contribution in [0.25, 0.3) is 0 Å². The van der Waals surface area contributed by atoms with E-state index in [1.165, 1.54) is 11.1 Å². The molecule has 4 nitrogen and oxygen atoms in total. The third-order valence-corrected chi connectivity index (χ3v) is 6.72. The standard InChI is InChI=1S/C18H24O4/c1-18-7-6-12-11-5-3-10(19)8-9(11)2-4-13(12)14(18)15(20)16(21)17(18)22/h3,5,8,12-17,19-22H,2,4,6-7H2,1H3/t12-,13-,14?,15-,16-,17+,18+/m1/s1. The lowest BCUT2D eigenvalue weighted by molar-refractivity contribution is -0.0505. The highest BCUT2D eigenvalue weighted by molar-refractivity contribution is 5.40. The fourth-order valence-electron chi connectivity index (χ4n) is 5.62. The second-order valence-corrected chi connectivity index (χ2v) is 7.69. The molecule has 1 aromatic rings. The number of phenols is 1. The lowest BCUT2D eigenvalue weighted by Gasteiger charge is -2.50. The van der Waals surface area contributed by atoms with E-state index >= 15 is 0 Å². The van der Waals surface area contributed by atoms with Gasteiger partial charge in [0.05, 0.1) is 12.2 Å². The Morgan fingerprint density at radius 2 is 1.86 bits per heavy atom. The Morgan fingerprint density at radius 3 is 2.64 bits per heavy atom. The number of hydrogen-bond donors (Lipinski definition) is 4. The highest BCUT2D eigenvalue weighted by atomic mass is 16.4. The molecule has 0 saturated heterocycles. The van der Waals surface area contributed by atoms with Crippen LogP contribution in [0.1, 0.15) is 43.2 Å². The zero-order valence-electron chi connectivity index (χ0n) is 12.8. The predicted molar refractivity (Wildman–Crippen MR) is 81.5 cm³/mol. The summed E-state index contributed by atoms with van der Waals surface area (Å²) >= 11 is 0. The zero-order chi connectivity index (χ0) is 15.6. The van der Waals surface area contributed by atoms with Crippen molar-refractivity contribution < 1.29 is 20.4 Å². The van der Waals surface area contributed by atoms with Gasteiger partial charge in [0, 0.05) is 5.41 Å². The summed E-state index contributed by atoms with van der Waals surface area (Å²) in [5.74, 6) is 0.898. The average Bonchev–Trinajstić information content (AvgIpc) is 2.68. The van der Waals surface area contributed by atoms with Gasteiger partial charge in [-0.2, -0.15) is 0 Å². The van der Waals surface area contributed by atoms with E-state index in [2.05, 4.69) is 0 Å². The van der Waals surface area contributed by atoms with Gasteiger partial charge in [0.25, 0.3) is 0 Å². The summed E-state index contributed by atoms with van der Waals surface area (Å²) in [4.78, 5) is 0. The van der Waals surface area contributed by atoms with Gasteiger partial charge in [0.2, 0.25) is 0 Å². The third-order valence-electron chi connectivity index (χ3n) is 6.72. The van der Waals surface area contributed by atoms with Gasteiger partial charge in [-0.25, -0.2) is 0 Å². The number of hydrogen-bond acceptors (Lipinski definition) is 4. The Morgan fingerprint density at radius 1 is 1.09 bits per heavy atom. The van der Waals surface area contributed by atoms with Gasteiger partial charge < -0.3 is 20.4 Å². The summed E-state index contributed by atoms with van der Waals surface area (Å²) in [7, 11) is 0. The molecule has 0 bridgehead atoms. The molecule has 0 radical (unpaired) electrons. The van der Waals surface area contributed by atoms with Crippen LogP contribution in [-0.4, -0.2) is 38.7 Å². The first kappa shape index (κ1) is 14.5. The number of aliphatic hydroxyl groups is 3. The van der Waals surface area contributed by atoms with Crippen molar-refractivity contribution in [3.8, 4) is 5.75 Å². The summed E-state index contributed by atoms with van der Waals surface area (Å²) in [6.45, 7) is 2.02. The molecule has 0 heterocycles. The smallest absolute Gasteiger partial charge is 0.115 e. The van der Waals surface area contributed by atoms with Crippen molar-refractivity contribution in [2.75, 3.05) is 0 Å². The summed E-state index contributed by atoms with van der Waals surface area (Å²) in [5, 5.41) is 40.7. The maximum atomic E-state index is 10.5. The van der Waals surface area contributed by atoms with Crippen LogP contribution >= 0.6 is 0 Å². The first-order valence-corrected chi connectivity index (χ1v) is 8.29. The van der Waals surface area contributed by atoms with E-state index in [0.29, 0.717) is 11.7 Å². The number of aryl methyl sites for hydroxylation is 1. The van der Waals surface area contributed by atoms with E-state index in [1.807, 2.05) is 19.1 Å². The lowest BCUT2D eigenvalue weighted by atomic mass is 9.55. The van der Waals surface area contributed by atoms with Crippen LogP contribution in [0.3, 0.4) is 0 Å². The minimum Gasteiger partial charge on any atom is -0.508 e. The van der Waals surface area contributed by atoms with Gasteiger partial charge >= 0.3 is 0 Å². The summed E-state index contributed by atoms with van der Waals surface area (Å²) in [5.41, 5.74) is 2.09. The molecule has 0 aliphatic heterocycles. The molecule has 3 aliphatic rings. The number of rotatable bonds is 0. The molecule has 120 valence electrons. The molecule has 0 aromatic heterocycles. The van der Waals surface area contributed by atoms with Gasteiger partial charge in [-0.15, -0.1) is 0 Å². The van der Waals surface area contributed by atoms with Crippen molar-refractivity contribution in [1.29, 1.82) is 0 Å². The van der Waals surface area contributed by atoms with Crippen molar-refractivity contribution in [1.82, 2.24) is 0 Å². The number of aromatic hydroxyl groups is 1. The van der Waals surface area contributed by atoms with Crippen molar-refractivity contribution in [3.63, 3.8) is 0 Å². The highest BCUT2D eigenvalue weighted by Crippen LogP contribution is 2.60. The van der Waals surface area contributed by atoms with Crippen LogP contribution in [-0.2, 0) is 6.42 Å². The van der Waals surface area contributed by atoms with Crippen LogP contribution in [0.15, 0.2) is 18.2 Å². The maximum absolute atomic E-state index is 10.5. The molecule has 4 rings (SSSR count). The molecule has 2 fully saturated rings. The second-order valence-electron chi connectivity index (χ2n) is 7.69. The van der Waals surface area contributed by atoms with Gasteiger partial charge in [-0.1, -0.05) is 13.0 Å². The Balaban J connectivity index is 1.74. The Kier molecular flexibility index (Phi) is 3.09. The molecular weight excluding hydrogens is 280 g/mol. The first-order chi connectivity index (χ1) is 10.4. The Bertz CT molecular complexity index is 601. The summed E-state index contributed by atoms with van der Waals surface area (Å²) < 4.78 is 0. The molecule has 3 aliphatic carbocycles. The van der Waals surface area contributed by atoms with Crippen LogP contribution in [0.2, 0.25) is 0 Å². The van der Waals surface area contributed by atoms with Crippen LogP contribution in [0.5, 0.6) is 5.75 Å². The minimum atomic E-state index is -1.03. The van der Waals surface area contributed by atoms with E-state index in [0.717, 1.165) is 25.7 Å². The van der Waals surface area contributed by atoms with Crippen LogP contribution in [0, 0.1) is 17.3 Å². The quantitative estimate of drug-likeness (QED) is 0.586. The molecule has 0 amide bonds. The molecule has 7 atom stereocenters. The number of fused-ring (bicyclic) bond motifs is 5. The molecule has 22 heavy (non-hydrogen) atoms. The van der Waals surface area contributed by atoms with E-state index in [-0.39, 0.29) is 11.8 Å². The van der Waals surface area contributed by atoms with Crippen molar-refractivity contribution >= 4 is 0 Å². The molecule has 2 saturated carbocycles. The van der Waals surface area contributed by atoms with E-state index in [1.54, 1.807) is 6.07 Å². The SMILES string of the molecule is C[C@]12CC[C@@H]3c4ccc(O)cc4CC[C@H]3C1[C@@H](O)[C@@H](O)[C@@H]2O. The maximum Gasteiger partial charge on any atom is 0.115 e. The first-order valence-electron chi connectivity index (χ1n) is 8.29. The number of benzene rings is 1. The minimum absolute atomic E-state index is 0.0572. The molecule has 4 heteroatoms. The topological polar surface area (TPSA) is 80.9 Å². The zero-order valence-corrected chi connectivity index (χ0v) is 12.8. The Labute approximate surface area is 130 Å². The van der Waals surface area contributed by atoms with E-state index in [9.17, 15) is 20.4 Å². The molecule has 1 aromatic carbocycles. The van der Waals surface area contributed by atoms with E-state index < -0.39 is 23.7 Å². The second kappa shape index (κ2) is 4.70. The summed E-state index contributed by atoms with van der Waals surface area (Å²) in [6, 6.07) is 5.61. The number of aliphatic hydroxyl groups excluding tert-OH is 3. The molecule has 4 N–H and O–H groups in total. The third kappa shape index (κ3) is 1.75. The highest BCUT2D eigenvalue weighted by Gasteiger charge is 2.62. The van der Waals surface area contributed by atoms with Crippen LogP contribution in [0.4, 0.5) is 0 Å². The number of phenolic OH excluding ortho intramolecular Hbond substituents is 1. The molecule has 1 unspecified atom stereocenters. The monoisotopic (exact) mass is 304 g/mol. The van der Waals surface area contributed by atoms with Crippen molar-refractivity contribution in [3.05, 3.63) is 29.3 Å². The fourth-order valence-corrected chi connectivity index (χ4v) is 5.62. The normalized spacial score (nSPS) is 46.7. The Hall–Kier alpha value is -1.10. The van der Waals surface area contributed by atoms with Gasteiger partial charge in [-0.3, -0.25) is 0 Å². The van der Waals surface area contributed by atoms with Crippen molar-refractivity contribution in [2.45, 2.75) is 56.8 Å². The van der Waals surface area contributed by atoms with Crippen LogP contribution < -0.4 is 0 Å². The largest absolute Gasteiger partial charge is 0.508 e. The lowest BCUT2D eigenvalue weighted by Crippen LogP contribution is -2.46. The fraction of sp³-hybridized carbons (Fsp3) is 0.667. The molecule has 0 spiro atoms. The van der Waals surface area contributed by atoms with Gasteiger partial charge in [0.1, 0.15) is 11.9 Å². The van der Waals surface area contributed by atoms with E-state index in [4.69, 9.17) is 0 Å². The molecular formula is C18H24O4. The predicted octanol–water partition coefficient (Wildman–Crippen LogP) is 1.55. The summed E-state index contributed by atoms with van der Waals surface area (Å²) in [6.07, 6.45) is 0.894. The average molecular weight is 304 g/mol. The van der Waals surface area contributed by atoms with Crippen molar-refractivity contribution in [2.24, 2.45) is 17.3 Å². The van der Waals surface area contributed by atoms with Gasteiger partial charge in [-0.05, 0) is 66.7 Å².